The molecular weight excluding hydrogens is 358 g/mol. The first kappa shape index (κ1) is 17.5. The van der Waals surface area contributed by atoms with Gasteiger partial charge in [-0.05, 0) is 24.1 Å². The van der Waals surface area contributed by atoms with E-state index in [1.807, 2.05) is 42.5 Å². The minimum Gasteiger partial charge on any atom is -0.444 e. The molecule has 0 atom stereocenters. The van der Waals surface area contributed by atoms with Crippen LogP contribution in [0.4, 0.5) is 0 Å². The van der Waals surface area contributed by atoms with Gasteiger partial charge in [-0.3, -0.25) is 0 Å². The lowest BCUT2D eigenvalue weighted by molar-refractivity contribution is 0.391. The molecular formula is C21H19N3O2S. The molecule has 0 saturated heterocycles. The summed E-state index contributed by atoms with van der Waals surface area (Å²) >= 11 is 1.66. The molecule has 0 aliphatic heterocycles. The fraction of sp³-hybridized carbons (Fsp3) is 0.190. The Morgan fingerprint density at radius 1 is 0.889 bits per heavy atom. The van der Waals surface area contributed by atoms with Gasteiger partial charge in [0.2, 0.25) is 17.6 Å². The number of aromatic nitrogens is 3. The second-order valence-electron chi connectivity index (χ2n) is 6.07. The lowest BCUT2D eigenvalue weighted by atomic mass is 10.1. The molecule has 5 nitrogen and oxygen atoms in total. The van der Waals surface area contributed by atoms with Crippen molar-refractivity contribution in [2.45, 2.75) is 24.9 Å². The highest BCUT2D eigenvalue weighted by molar-refractivity contribution is 7.97. The topological polar surface area (TPSA) is 65.0 Å². The van der Waals surface area contributed by atoms with Gasteiger partial charge in [-0.1, -0.05) is 54.5 Å². The number of hydrogen-bond acceptors (Lipinski definition) is 6. The van der Waals surface area contributed by atoms with Gasteiger partial charge in [-0.2, -0.15) is 4.98 Å². The van der Waals surface area contributed by atoms with E-state index in [4.69, 9.17) is 8.94 Å². The molecule has 0 unspecified atom stereocenters. The smallest absolute Gasteiger partial charge is 0.236 e. The van der Waals surface area contributed by atoms with Crippen molar-refractivity contribution < 1.29 is 8.94 Å². The molecule has 136 valence electrons. The van der Waals surface area contributed by atoms with Crippen molar-refractivity contribution in [3.63, 3.8) is 0 Å². The van der Waals surface area contributed by atoms with Crippen molar-refractivity contribution in [1.29, 1.82) is 0 Å². The summed E-state index contributed by atoms with van der Waals surface area (Å²) in [6, 6.07) is 18.1. The maximum Gasteiger partial charge on any atom is 0.236 e. The predicted octanol–water partition coefficient (Wildman–Crippen LogP) is 5.39. The van der Waals surface area contributed by atoms with Crippen LogP contribution in [0.15, 0.2) is 69.8 Å². The molecule has 0 bridgehead atoms. The summed E-state index contributed by atoms with van der Waals surface area (Å²) < 4.78 is 10.9. The molecule has 0 aliphatic rings. The zero-order valence-corrected chi connectivity index (χ0v) is 15.8. The highest BCUT2D eigenvalue weighted by atomic mass is 32.2. The Balaban J connectivity index is 1.33. The van der Waals surface area contributed by atoms with Crippen LogP contribution in [0.3, 0.4) is 0 Å². The van der Waals surface area contributed by atoms with Gasteiger partial charge >= 0.3 is 0 Å². The maximum atomic E-state index is 5.56. The van der Waals surface area contributed by atoms with Crippen LogP contribution < -0.4 is 0 Å². The number of aryl methyl sites for hydroxylation is 1. The summed E-state index contributed by atoms with van der Waals surface area (Å²) in [6.45, 7) is 2.14. The van der Waals surface area contributed by atoms with Crippen molar-refractivity contribution in [2.75, 3.05) is 0 Å². The summed E-state index contributed by atoms with van der Waals surface area (Å²) in [4.78, 5) is 9.00. The molecule has 4 rings (SSSR count). The average Bonchev–Trinajstić information content (AvgIpc) is 3.39. The fourth-order valence-corrected chi connectivity index (χ4v) is 3.39. The van der Waals surface area contributed by atoms with E-state index in [0.29, 0.717) is 23.4 Å². The SMILES string of the molecule is CCc1ccc(-c2noc(CSCc3coc(-c4ccccc4)n3)n2)cc1. The van der Waals surface area contributed by atoms with Gasteiger partial charge in [0.25, 0.3) is 0 Å². The molecule has 6 heteroatoms. The second-order valence-corrected chi connectivity index (χ2v) is 7.05. The second kappa shape index (κ2) is 8.22. The van der Waals surface area contributed by atoms with E-state index < -0.39 is 0 Å². The number of hydrogen-bond donors (Lipinski definition) is 0. The Morgan fingerprint density at radius 3 is 2.48 bits per heavy atom. The van der Waals surface area contributed by atoms with E-state index in [0.717, 1.165) is 29.0 Å². The summed E-state index contributed by atoms with van der Waals surface area (Å²) in [5, 5.41) is 4.08. The highest BCUT2D eigenvalue weighted by Crippen LogP contribution is 2.23. The summed E-state index contributed by atoms with van der Waals surface area (Å²) in [5.41, 5.74) is 4.13. The Hall–Kier alpha value is -2.86. The Bertz CT molecular complexity index is 994. The normalized spacial score (nSPS) is 11.0. The number of rotatable bonds is 7. The molecule has 4 aromatic rings. The molecule has 0 radical (unpaired) electrons. The fourth-order valence-electron chi connectivity index (χ4n) is 2.65. The molecule has 0 aliphatic carbocycles. The van der Waals surface area contributed by atoms with Crippen molar-refractivity contribution in [3.05, 3.63) is 78.0 Å². The summed E-state index contributed by atoms with van der Waals surface area (Å²) in [7, 11) is 0. The Labute approximate surface area is 161 Å². The van der Waals surface area contributed by atoms with Gasteiger partial charge in [0.15, 0.2) is 0 Å². The van der Waals surface area contributed by atoms with Crippen LogP contribution in [0.2, 0.25) is 0 Å². The molecule has 0 saturated carbocycles. The molecule has 0 amide bonds. The largest absolute Gasteiger partial charge is 0.444 e. The van der Waals surface area contributed by atoms with E-state index >= 15 is 0 Å². The van der Waals surface area contributed by atoms with Gasteiger partial charge in [0.05, 0.1) is 11.4 Å². The quantitative estimate of drug-likeness (QED) is 0.430. The Kier molecular flexibility index (Phi) is 5.34. The minimum absolute atomic E-state index is 0.612. The van der Waals surface area contributed by atoms with Crippen LogP contribution in [0.25, 0.3) is 22.8 Å². The van der Waals surface area contributed by atoms with Crippen LogP contribution in [0, 0.1) is 0 Å². The first-order chi connectivity index (χ1) is 13.3. The van der Waals surface area contributed by atoms with Crippen LogP contribution in [0.1, 0.15) is 24.1 Å². The Morgan fingerprint density at radius 2 is 1.70 bits per heavy atom. The third-order valence-electron chi connectivity index (χ3n) is 4.14. The number of nitrogens with zero attached hydrogens (tertiary/aromatic N) is 3. The van der Waals surface area contributed by atoms with Crippen LogP contribution in [-0.2, 0) is 17.9 Å². The molecule has 2 aromatic heterocycles. The predicted molar refractivity (Wildman–Crippen MR) is 106 cm³/mol. The molecule has 0 fully saturated rings. The van der Waals surface area contributed by atoms with Crippen LogP contribution in [0.5, 0.6) is 0 Å². The zero-order valence-electron chi connectivity index (χ0n) is 15.0. The third kappa shape index (κ3) is 4.28. The molecule has 0 N–H and O–H groups in total. The molecule has 27 heavy (non-hydrogen) atoms. The maximum absolute atomic E-state index is 5.56. The van der Waals surface area contributed by atoms with E-state index in [9.17, 15) is 0 Å². The van der Waals surface area contributed by atoms with Crippen molar-refractivity contribution >= 4 is 11.8 Å². The number of thioether (sulfide) groups is 1. The number of benzene rings is 2. The monoisotopic (exact) mass is 377 g/mol. The van der Waals surface area contributed by atoms with Gasteiger partial charge in [0.1, 0.15) is 6.26 Å². The molecule has 2 heterocycles. The van der Waals surface area contributed by atoms with E-state index in [1.165, 1.54) is 5.56 Å². The molecule has 2 aromatic carbocycles. The van der Waals surface area contributed by atoms with Crippen molar-refractivity contribution in [2.24, 2.45) is 0 Å². The first-order valence-corrected chi connectivity index (χ1v) is 9.97. The van der Waals surface area contributed by atoms with Crippen LogP contribution >= 0.6 is 11.8 Å². The van der Waals surface area contributed by atoms with E-state index in [-0.39, 0.29) is 0 Å². The van der Waals surface area contributed by atoms with Crippen molar-refractivity contribution in [1.82, 2.24) is 15.1 Å². The zero-order chi connectivity index (χ0) is 18.5. The highest BCUT2D eigenvalue weighted by Gasteiger charge is 2.10. The van der Waals surface area contributed by atoms with E-state index in [2.05, 4.69) is 34.2 Å². The van der Waals surface area contributed by atoms with Gasteiger partial charge in [0, 0.05) is 16.9 Å². The first-order valence-electron chi connectivity index (χ1n) is 8.81. The molecule has 0 spiro atoms. The standard InChI is InChI=1S/C21H19N3O2S/c1-2-15-8-10-16(11-9-15)20-23-19(26-24-20)14-27-13-18-12-25-21(22-18)17-6-4-3-5-7-17/h3-12H,2,13-14H2,1H3. The lowest BCUT2D eigenvalue weighted by Gasteiger charge is -1.97. The van der Waals surface area contributed by atoms with E-state index in [1.54, 1.807) is 18.0 Å². The average molecular weight is 377 g/mol. The lowest BCUT2D eigenvalue weighted by Crippen LogP contribution is -1.86. The van der Waals surface area contributed by atoms with Crippen LogP contribution in [-0.4, -0.2) is 15.1 Å². The van der Waals surface area contributed by atoms with Gasteiger partial charge in [-0.15, -0.1) is 11.8 Å². The summed E-state index contributed by atoms with van der Waals surface area (Å²) in [6.07, 6.45) is 2.71. The minimum atomic E-state index is 0.612. The van der Waals surface area contributed by atoms with Crippen molar-refractivity contribution in [3.8, 4) is 22.8 Å². The van der Waals surface area contributed by atoms with Gasteiger partial charge in [-0.25, -0.2) is 4.98 Å². The third-order valence-corrected chi connectivity index (χ3v) is 5.09. The summed E-state index contributed by atoms with van der Waals surface area (Å²) in [5.74, 6) is 3.23. The number of oxazole rings is 1. The van der Waals surface area contributed by atoms with Gasteiger partial charge < -0.3 is 8.94 Å².